The summed E-state index contributed by atoms with van der Waals surface area (Å²) < 4.78 is 10.4. The van der Waals surface area contributed by atoms with Gasteiger partial charge in [0.15, 0.2) is 0 Å². The van der Waals surface area contributed by atoms with Crippen LogP contribution in [0, 0.1) is 0 Å². The van der Waals surface area contributed by atoms with Gasteiger partial charge in [0.2, 0.25) is 0 Å². The monoisotopic (exact) mass is 332 g/mol. The summed E-state index contributed by atoms with van der Waals surface area (Å²) in [5.74, 6) is -0.933. The molecule has 0 aromatic heterocycles. The normalized spacial score (nSPS) is 11.4. The van der Waals surface area contributed by atoms with Gasteiger partial charge in [-0.05, 0) is 18.4 Å². The lowest BCUT2D eigenvalue weighted by atomic mass is 10.0. The molecule has 0 heterocycles. The number of benzene rings is 1. The number of rotatable bonds is 10. The highest BCUT2D eigenvalue weighted by Crippen LogP contribution is 2.18. The molecule has 4 nitrogen and oxygen atoms in total. The molecule has 0 aliphatic carbocycles. The zero-order chi connectivity index (χ0) is 17.8. The molecule has 0 aliphatic rings. The van der Waals surface area contributed by atoms with Crippen LogP contribution in [-0.2, 0) is 25.5 Å². The average Bonchev–Trinajstić information content (AvgIpc) is 2.53. The summed E-state index contributed by atoms with van der Waals surface area (Å²) in [6.45, 7) is 4.81. The maximum atomic E-state index is 11.4. The van der Waals surface area contributed by atoms with E-state index in [9.17, 15) is 9.59 Å². The molecule has 132 valence electrons. The molecule has 1 aromatic carbocycles. The maximum absolute atomic E-state index is 11.4. The number of allylic oxidation sites excluding steroid dienone is 1. The molecule has 0 spiro atoms. The zero-order valence-electron chi connectivity index (χ0n) is 14.9. The molecule has 0 N–H and O–H groups in total. The molecule has 1 aromatic rings. The minimum absolute atomic E-state index is 0.466. The van der Waals surface area contributed by atoms with Crippen LogP contribution in [0.3, 0.4) is 0 Å². The van der Waals surface area contributed by atoms with Crippen LogP contribution in [0.5, 0.6) is 0 Å². The number of carbonyl (C=O) groups excluding carboxylic acids is 2. The number of hydrogen-bond donors (Lipinski definition) is 0. The number of unbranched alkanes of at least 4 members (excludes halogenated alkanes) is 4. The highest BCUT2D eigenvalue weighted by atomic mass is 16.7. The van der Waals surface area contributed by atoms with Crippen molar-refractivity contribution in [1.82, 2.24) is 0 Å². The van der Waals surface area contributed by atoms with Crippen molar-refractivity contribution in [2.75, 3.05) is 0 Å². The van der Waals surface area contributed by atoms with Gasteiger partial charge in [-0.25, -0.2) is 0 Å². The molecule has 0 saturated carbocycles. The van der Waals surface area contributed by atoms with Gasteiger partial charge in [0, 0.05) is 25.8 Å². The van der Waals surface area contributed by atoms with Crippen LogP contribution in [0.15, 0.2) is 42.0 Å². The van der Waals surface area contributed by atoms with E-state index in [-0.39, 0.29) is 0 Å². The quantitative estimate of drug-likeness (QED) is 0.272. The molecule has 0 amide bonds. The van der Waals surface area contributed by atoms with Gasteiger partial charge in [-0.2, -0.15) is 0 Å². The van der Waals surface area contributed by atoms with Crippen LogP contribution in [0.4, 0.5) is 0 Å². The SMILES string of the molecule is CCCCCCC=C(Cc1ccccc1)C(OC(C)=O)OC(C)=O. The smallest absolute Gasteiger partial charge is 0.305 e. The standard InChI is InChI=1S/C20H28O4/c1-4-5-6-7-11-14-19(15-18-12-9-8-10-13-18)20(23-16(2)21)24-17(3)22/h8-10,12-14,20H,4-7,11,15H2,1-3H3. The Hall–Kier alpha value is -2.10. The van der Waals surface area contributed by atoms with E-state index >= 15 is 0 Å². The summed E-state index contributed by atoms with van der Waals surface area (Å²) >= 11 is 0. The van der Waals surface area contributed by atoms with Crippen LogP contribution in [0.2, 0.25) is 0 Å². The summed E-state index contributed by atoms with van der Waals surface area (Å²) in [6, 6.07) is 9.88. The second kappa shape index (κ2) is 11.4. The predicted octanol–water partition coefficient (Wildman–Crippen LogP) is 4.58. The van der Waals surface area contributed by atoms with Gasteiger partial charge in [0.1, 0.15) is 0 Å². The Morgan fingerprint density at radius 2 is 1.62 bits per heavy atom. The van der Waals surface area contributed by atoms with E-state index in [0.29, 0.717) is 6.42 Å². The van der Waals surface area contributed by atoms with Crippen LogP contribution < -0.4 is 0 Å². The first kappa shape index (κ1) is 19.9. The highest BCUT2D eigenvalue weighted by molar-refractivity contribution is 5.68. The molecule has 0 unspecified atom stereocenters. The number of esters is 2. The lowest BCUT2D eigenvalue weighted by Crippen LogP contribution is -2.25. The van der Waals surface area contributed by atoms with Gasteiger partial charge in [-0.3, -0.25) is 9.59 Å². The zero-order valence-corrected chi connectivity index (χ0v) is 14.9. The summed E-state index contributed by atoms with van der Waals surface area (Å²) in [6.07, 6.45) is 7.17. The molecule has 0 atom stereocenters. The molecular weight excluding hydrogens is 304 g/mol. The van der Waals surface area contributed by atoms with Gasteiger partial charge in [0.25, 0.3) is 6.29 Å². The lowest BCUT2D eigenvalue weighted by Gasteiger charge is -2.20. The summed E-state index contributed by atoms with van der Waals surface area (Å²) in [4.78, 5) is 22.7. The van der Waals surface area contributed by atoms with Crippen LogP contribution in [0.1, 0.15) is 58.4 Å². The second-order valence-corrected chi connectivity index (χ2v) is 5.84. The first-order valence-electron chi connectivity index (χ1n) is 8.60. The van der Waals surface area contributed by atoms with E-state index in [1.165, 1.54) is 26.7 Å². The Labute approximate surface area is 144 Å². The van der Waals surface area contributed by atoms with E-state index in [2.05, 4.69) is 6.92 Å². The Morgan fingerprint density at radius 3 is 2.17 bits per heavy atom. The fourth-order valence-electron chi connectivity index (χ4n) is 2.42. The van der Waals surface area contributed by atoms with E-state index < -0.39 is 18.2 Å². The lowest BCUT2D eigenvalue weighted by molar-refractivity contribution is -0.178. The third-order valence-corrected chi connectivity index (χ3v) is 3.56. The molecule has 0 aliphatic heterocycles. The van der Waals surface area contributed by atoms with E-state index in [1.54, 1.807) is 0 Å². The Balaban J connectivity index is 2.88. The van der Waals surface area contributed by atoms with Crippen molar-refractivity contribution in [3.63, 3.8) is 0 Å². The first-order valence-corrected chi connectivity index (χ1v) is 8.60. The van der Waals surface area contributed by atoms with Crippen LogP contribution >= 0.6 is 0 Å². The van der Waals surface area contributed by atoms with Crippen molar-refractivity contribution in [3.8, 4) is 0 Å². The van der Waals surface area contributed by atoms with Gasteiger partial charge < -0.3 is 9.47 Å². The Kier molecular flexibility index (Phi) is 9.51. The van der Waals surface area contributed by atoms with Crippen molar-refractivity contribution in [1.29, 1.82) is 0 Å². The molecular formula is C20H28O4. The van der Waals surface area contributed by atoms with Crippen molar-refractivity contribution in [2.45, 2.75) is 65.6 Å². The van der Waals surface area contributed by atoms with E-state index in [4.69, 9.17) is 9.47 Å². The van der Waals surface area contributed by atoms with Crippen LogP contribution in [0.25, 0.3) is 0 Å². The number of ether oxygens (including phenoxy) is 2. The fourth-order valence-corrected chi connectivity index (χ4v) is 2.42. The van der Waals surface area contributed by atoms with Crippen molar-refractivity contribution in [3.05, 3.63) is 47.5 Å². The van der Waals surface area contributed by atoms with Crippen LogP contribution in [-0.4, -0.2) is 18.2 Å². The third-order valence-electron chi connectivity index (χ3n) is 3.56. The summed E-state index contributed by atoms with van der Waals surface area (Å²) in [5, 5.41) is 0. The van der Waals surface area contributed by atoms with Crippen molar-refractivity contribution in [2.24, 2.45) is 0 Å². The van der Waals surface area contributed by atoms with Gasteiger partial charge in [0.05, 0.1) is 0 Å². The molecule has 0 fully saturated rings. The molecule has 24 heavy (non-hydrogen) atoms. The molecule has 0 saturated heterocycles. The first-order chi connectivity index (χ1) is 11.5. The highest BCUT2D eigenvalue weighted by Gasteiger charge is 2.20. The Morgan fingerprint density at radius 1 is 1.00 bits per heavy atom. The van der Waals surface area contributed by atoms with Gasteiger partial charge in [-0.1, -0.05) is 62.6 Å². The van der Waals surface area contributed by atoms with E-state index in [0.717, 1.165) is 30.4 Å². The topological polar surface area (TPSA) is 52.6 Å². The molecule has 0 bridgehead atoms. The molecule has 4 heteroatoms. The van der Waals surface area contributed by atoms with Crippen molar-refractivity contribution >= 4 is 11.9 Å². The van der Waals surface area contributed by atoms with Gasteiger partial charge >= 0.3 is 11.9 Å². The number of hydrogen-bond acceptors (Lipinski definition) is 4. The second-order valence-electron chi connectivity index (χ2n) is 5.84. The van der Waals surface area contributed by atoms with Gasteiger partial charge in [-0.15, -0.1) is 0 Å². The van der Waals surface area contributed by atoms with Crippen molar-refractivity contribution < 1.29 is 19.1 Å². The maximum Gasteiger partial charge on any atom is 0.305 e. The molecule has 1 rings (SSSR count). The third kappa shape index (κ3) is 8.51. The minimum atomic E-state index is -0.952. The Bertz CT molecular complexity index is 518. The average molecular weight is 332 g/mol. The van der Waals surface area contributed by atoms with E-state index in [1.807, 2.05) is 36.4 Å². The number of carbonyl (C=O) groups is 2. The summed E-state index contributed by atoms with van der Waals surface area (Å²) in [5.41, 5.74) is 1.89. The summed E-state index contributed by atoms with van der Waals surface area (Å²) in [7, 11) is 0. The fraction of sp³-hybridized carbons (Fsp3) is 0.500. The molecule has 0 radical (unpaired) electrons. The predicted molar refractivity (Wildman–Crippen MR) is 94.3 cm³/mol. The largest absolute Gasteiger partial charge is 0.421 e. The minimum Gasteiger partial charge on any atom is -0.421 e.